The second kappa shape index (κ2) is 8.32. The predicted molar refractivity (Wildman–Crippen MR) is 123 cm³/mol. The van der Waals surface area contributed by atoms with Crippen molar-refractivity contribution in [2.24, 2.45) is 4.40 Å². The van der Waals surface area contributed by atoms with Crippen molar-refractivity contribution in [3.63, 3.8) is 0 Å². The Kier molecular flexibility index (Phi) is 5.57. The van der Waals surface area contributed by atoms with Crippen molar-refractivity contribution in [2.45, 2.75) is 25.2 Å². The third-order valence-corrected chi connectivity index (χ3v) is 6.42. The van der Waals surface area contributed by atoms with Crippen LogP contribution in [0.15, 0.2) is 93.9 Å². The lowest BCUT2D eigenvalue weighted by Crippen LogP contribution is -2.22. The van der Waals surface area contributed by atoms with Crippen LogP contribution in [-0.2, 0) is 16.4 Å². The van der Waals surface area contributed by atoms with E-state index in [1.54, 1.807) is 48.5 Å². The summed E-state index contributed by atoms with van der Waals surface area (Å²) in [6.45, 7) is 3.97. The topological polar surface area (TPSA) is 75.6 Å². The summed E-state index contributed by atoms with van der Waals surface area (Å²) in [6, 6.07) is 21.2. The van der Waals surface area contributed by atoms with Gasteiger partial charge in [0, 0.05) is 16.8 Å². The van der Waals surface area contributed by atoms with Gasteiger partial charge in [-0.2, -0.15) is 12.8 Å². The average Bonchev–Trinajstić information content (AvgIpc) is 2.77. The van der Waals surface area contributed by atoms with E-state index in [1.165, 1.54) is 6.08 Å². The lowest BCUT2D eigenvalue weighted by atomic mass is 9.92. The van der Waals surface area contributed by atoms with Crippen LogP contribution in [0.1, 0.15) is 34.0 Å². The van der Waals surface area contributed by atoms with Crippen molar-refractivity contribution >= 4 is 27.2 Å². The summed E-state index contributed by atoms with van der Waals surface area (Å²) in [6.07, 6.45) is 2.33. The maximum Gasteiger partial charge on any atom is 0.282 e. The summed E-state index contributed by atoms with van der Waals surface area (Å²) >= 11 is 0. The van der Waals surface area contributed by atoms with Gasteiger partial charge >= 0.3 is 0 Å². The number of benzene rings is 3. The van der Waals surface area contributed by atoms with E-state index in [0.29, 0.717) is 11.1 Å². The van der Waals surface area contributed by atoms with Crippen LogP contribution in [-0.4, -0.2) is 19.9 Å². The Bertz CT molecular complexity index is 1320. The Balaban J connectivity index is 1.79. The molecule has 6 heteroatoms. The van der Waals surface area contributed by atoms with Gasteiger partial charge in [-0.05, 0) is 54.8 Å². The smallest absolute Gasteiger partial charge is 0.282 e. The molecule has 31 heavy (non-hydrogen) atoms. The number of rotatable bonds is 5. The molecule has 0 amide bonds. The fraction of sp³-hybridized carbons (Fsp3) is 0.120. The van der Waals surface area contributed by atoms with Gasteiger partial charge in [0.25, 0.3) is 10.0 Å². The maximum atomic E-state index is 13.0. The highest BCUT2D eigenvalue weighted by molar-refractivity contribution is 7.90. The molecule has 0 bridgehead atoms. The summed E-state index contributed by atoms with van der Waals surface area (Å²) in [4.78, 5) is 13.1. The van der Waals surface area contributed by atoms with Crippen LogP contribution in [0.5, 0.6) is 0 Å². The molecule has 5 nitrogen and oxygen atoms in total. The lowest BCUT2D eigenvalue weighted by molar-refractivity contribution is 0.103. The van der Waals surface area contributed by atoms with Gasteiger partial charge in [-0.25, -0.2) is 0 Å². The highest BCUT2D eigenvalue weighted by Gasteiger charge is 2.26. The number of fused-ring (bicyclic) bond motifs is 1. The summed E-state index contributed by atoms with van der Waals surface area (Å²) < 4.78 is 30.1. The number of allylic oxidation sites excluding steroid dienone is 2. The molecule has 0 unspecified atom stereocenters. The molecule has 0 aliphatic heterocycles. The van der Waals surface area contributed by atoms with E-state index >= 15 is 0 Å². The van der Waals surface area contributed by atoms with E-state index in [0.717, 1.165) is 23.2 Å². The summed E-state index contributed by atoms with van der Waals surface area (Å²) in [5, 5.41) is 3.12. The molecule has 4 rings (SSSR count). The molecule has 0 heterocycles. The van der Waals surface area contributed by atoms with Crippen LogP contribution in [0, 0.1) is 6.92 Å². The quantitative estimate of drug-likeness (QED) is 0.623. The molecule has 0 saturated heterocycles. The molecule has 1 N–H and O–H groups in total. The highest BCUT2D eigenvalue weighted by Crippen LogP contribution is 2.25. The first-order chi connectivity index (χ1) is 14.9. The minimum absolute atomic E-state index is 0.119. The monoisotopic (exact) mass is 430 g/mol. The van der Waals surface area contributed by atoms with Crippen molar-refractivity contribution in [1.82, 2.24) is 0 Å². The summed E-state index contributed by atoms with van der Waals surface area (Å²) in [7, 11) is -3.94. The molecule has 1 aliphatic carbocycles. The fourth-order valence-corrected chi connectivity index (χ4v) is 4.45. The number of hydrogen-bond donors (Lipinski definition) is 1. The van der Waals surface area contributed by atoms with Crippen LogP contribution in [0.3, 0.4) is 0 Å². The number of aryl methyl sites for hydroxylation is 2. The average molecular weight is 431 g/mol. The van der Waals surface area contributed by atoms with Crippen molar-refractivity contribution in [1.29, 1.82) is 0 Å². The van der Waals surface area contributed by atoms with Crippen LogP contribution in [0.2, 0.25) is 0 Å². The Hall–Kier alpha value is -3.51. The molecular formula is C25H22N2O3S. The van der Waals surface area contributed by atoms with E-state index < -0.39 is 10.0 Å². The SMILES string of the molecule is CCc1ccc(S(=O)(=O)/N=C2/C=C(Nc3cccc(C)c3)C(=O)c3ccccc32)cc1. The zero-order chi connectivity index (χ0) is 22.0. The Morgan fingerprint density at radius 1 is 0.903 bits per heavy atom. The molecule has 1 aliphatic rings. The minimum Gasteiger partial charge on any atom is -0.352 e. The molecule has 0 radical (unpaired) electrons. The van der Waals surface area contributed by atoms with E-state index in [1.807, 2.05) is 38.1 Å². The third-order valence-electron chi connectivity index (χ3n) is 5.12. The van der Waals surface area contributed by atoms with Crippen molar-refractivity contribution in [2.75, 3.05) is 5.32 Å². The van der Waals surface area contributed by atoms with Gasteiger partial charge in [0.05, 0.1) is 16.3 Å². The van der Waals surface area contributed by atoms with Crippen molar-refractivity contribution in [3.8, 4) is 0 Å². The van der Waals surface area contributed by atoms with Gasteiger partial charge < -0.3 is 5.32 Å². The van der Waals surface area contributed by atoms with E-state index in [-0.39, 0.29) is 22.1 Å². The van der Waals surface area contributed by atoms with Gasteiger partial charge in [-0.1, -0.05) is 55.5 Å². The zero-order valence-electron chi connectivity index (χ0n) is 17.3. The fourth-order valence-electron chi connectivity index (χ4n) is 3.46. The summed E-state index contributed by atoms with van der Waals surface area (Å²) in [5.74, 6) is -0.208. The number of carbonyl (C=O) groups excluding carboxylic acids is 1. The number of hydrogen-bond acceptors (Lipinski definition) is 4. The minimum atomic E-state index is -3.94. The first-order valence-corrected chi connectivity index (χ1v) is 11.4. The normalized spacial score (nSPS) is 14.8. The lowest BCUT2D eigenvalue weighted by Gasteiger charge is -2.19. The molecular weight excluding hydrogens is 408 g/mol. The number of ketones is 1. The number of nitrogens with zero attached hydrogens (tertiary/aromatic N) is 1. The second-order valence-corrected chi connectivity index (χ2v) is 8.98. The zero-order valence-corrected chi connectivity index (χ0v) is 18.1. The number of nitrogens with one attached hydrogen (secondary N) is 1. The van der Waals surface area contributed by atoms with Gasteiger partial charge in [-0.15, -0.1) is 0 Å². The van der Waals surface area contributed by atoms with Crippen molar-refractivity contribution in [3.05, 3.63) is 107 Å². The Morgan fingerprint density at radius 3 is 2.29 bits per heavy atom. The largest absolute Gasteiger partial charge is 0.352 e. The van der Waals surface area contributed by atoms with E-state index in [4.69, 9.17) is 0 Å². The highest BCUT2D eigenvalue weighted by atomic mass is 32.2. The molecule has 0 aromatic heterocycles. The first kappa shape index (κ1) is 20.8. The number of sulfonamides is 1. The van der Waals surface area contributed by atoms with Crippen molar-refractivity contribution < 1.29 is 13.2 Å². The molecule has 0 saturated carbocycles. The Morgan fingerprint density at radius 2 is 1.61 bits per heavy atom. The second-order valence-electron chi connectivity index (χ2n) is 7.38. The maximum absolute atomic E-state index is 13.0. The molecule has 0 fully saturated rings. The third kappa shape index (κ3) is 4.34. The van der Waals surface area contributed by atoms with E-state index in [9.17, 15) is 13.2 Å². The van der Waals surface area contributed by atoms with Crippen LogP contribution in [0.4, 0.5) is 5.69 Å². The first-order valence-electron chi connectivity index (χ1n) is 10.0. The van der Waals surface area contributed by atoms with Gasteiger partial charge in [0.2, 0.25) is 5.78 Å². The number of anilines is 1. The van der Waals surface area contributed by atoms with Crippen LogP contribution < -0.4 is 5.32 Å². The Labute approximate surface area is 182 Å². The standard InChI is InChI=1S/C25H22N2O3S/c1-3-18-11-13-20(14-12-18)31(29,30)27-23-16-24(26-19-8-6-7-17(2)15-19)25(28)22-10-5-4-9-21(22)23/h4-16,26H,3H2,1-2H3/b27-23-. The molecule has 0 atom stereocenters. The predicted octanol–water partition coefficient (Wildman–Crippen LogP) is 4.93. The van der Waals surface area contributed by atoms with Crippen LogP contribution in [0.25, 0.3) is 0 Å². The molecule has 156 valence electrons. The summed E-state index contributed by atoms with van der Waals surface area (Å²) in [5.41, 5.74) is 4.25. The van der Waals surface area contributed by atoms with Gasteiger partial charge in [0.1, 0.15) is 0 Å². The molecule has 3 aromatic rings. The van der Waals surface area contributed by atoms with Crippen LogP contribution >= 0.6 is 0 Å². The molecule has 0 spiro atoms. The number of Topliss-reactive ketones (excluding diaryl/α,β-unsaturated/α-hetero) is 1. The van der Waals surface area contributed by atoms with E-state index in [2.05, 4.69) is 9.71 Å². The molecule has 3 aromatic carbocycles. The van der Waals surface area contributed by atoms with Gasteiger partial charge in [0.15, 0.2) is 0 Å². The number of carbonyl (C=O) groups is 1. The van der Waals surface area contributed by atoms with Gasteiger partial charge in [-0.3, -0.25) is 4.79 Å².